The molecule has 0 amide bonds. The molecule has 0 aliphatic carbocycles. The van der Waals surface area contributed by atoms with Crippen LogP contribution in [0.3, 0.4) is 0 Å². The van der Waals surface area contributed by atoms with Crippen molar-refractivity contribution >= 4 is 28.1 Å². The number of furan rings is 1. The Labute approximate surface area is 173 Å². The van der Waals surface area contributed by atoms with Crippen molar-refractivity contribution in [1.82, 2.24) is 25.4 Å². The summed E-state index contributed by atoms with van der Waals surface area (Å²) in [6, 6.07) is 8.07. The van der Waals surface area contributed by atoms with Crippen LogP contribution < -0.4 is 20.9 Å². The van der Waals surface area contributed by atoms with Crippen LogP contribution in [-0.4, -0.2) is 26.1 Å². The topological polar surface area (TPSA) is 128 Å². The van der Waals surface area contributed by atoms with Gasteiger partial charge in [0.15, 0.2) is 5.82 Å². The lowest BCUT2D eigenvalue weighted by molar-refractivity contribution is -0.384. The third-order valence-corrected chi connectivity index (χ3v) is 6.09. The van der Waals surface area contributed by atoms with E-state index in [4.69, 9.17) is 4.42 Å². The van der Waals surface area contributed by atoms with Crippen LogP contribution in [0.5, 0.6) is 0 Å². The van der Waals surface area contributed by atoms with Gasteiger partial charge in [0.25, 0.3) is 11.2 Å². The zero-order valence-corrected chi connectivity index (χ0v) is 16.5. The number of hydrogen-bond acceptors (Lipinski definition) is 9. The molecular weight excluding hydrogens is 408 g/mol. The van der Waals surface area contributed by atoms with Crippen molar-refractivity contribution in [2.75, 3.05) is 6.54 Å². The number of nitrogens with zero attached hydrogens (tertiary/aromatic N) is 4. The number of hydrazine groups is 1. The molecule has 5 rings (SSSR count). The van der Waals surface area contributed by atoms with Crippen molar-refractivity contribution in [3.05, 3.63) is 72.9 Å². The van der Waals surface area contributed by atoms with E-state index in [0.717, 1.165) is 11.1 Å². The molecule has 2 atom stereocenters. The number of nitro groups is 1. The van der Waals surface area contributed by atoms with Gasteiger partial charge >= 0.3 is 0 Å². The summed E-state index contributed by atoms with van der Waals surface area (Å²) in [6.45, 7) is 2.40. The molecule has 2 unspecified atom stereocenters. The lowest BCUT2D eigenvalue weighted by Gasteiger charge is -2.15. The van der Waals surface area contributed by atoms with Gasteiger partial charge in [0.1, 0.15) is 5.76 Å². The predicted molar refractivity (Wildman–Crippen MR) is 110 cm³/mol. The first-order valence-corrected chi connectivity index (χ1v) is 10.0. The van der Waals surface area contributed by atoms with Gasteiger partial charge in [-0.25, -0.2) is 5.43 Å². The van der Waals surface area contributed by atoms with Gasteiger partial charge in [-0.1, -0.05) is 29.5 Å². The standard InChI is InChI=1S/C19H16N6O4S/c1-10-14(5-6-29-10)17-21-19-24(23-17)18(26)15(30-19)8-12-9-20-22-16(12)11-3-2-4-13(7-11)25(27)28/h2-8,12,16,20,22H,9H2,1H3/b15-8-. The number of aromatic nitrogens is 3. The van der Waals surface area contributed by atoms with E-state index >= 15 is 0 Å². The Balaban J connectivity index is 1.51. The largest absolute Gasteiger partial charge is 0.469 e. The Kier molecular flexibility index (Phi) is 4.42. The molecule has 0 radical (unpaired) electrons. The lowest BCUT2D eigenvalue weighted by atomic mass is 9.94. The van der Waals surface area contributed by atoms with E-state index in [1.165, 1.54) is 21.9 Å². The number of fused-ring (bicyclic) bond motifs is 1. The molecule has 1 fully saturated rings. The van der Waals surface area contributed by atoms with E-state index < -0.39 is 4.92 Å². The van der Waals surface area contributed by atoms with Gasteiger partial charge in [0, 0.05) is 24.6 Å². The van der Waals surface area contributed by atoms with Crippen molar-refractivity contribution in [2.45, 2.75) is 13.0 Å². The number of aryl methyl sites for hydroxylation is 1. The molecule has 1 aromatic carbocycles. The molecular formula is C19H16N6O4S. The van der Waals surface area contributed by atoms with E-state index in [9.17, 15) is 14.9 Å². The molecule has 0 spiro atoms. The zero-order valence-electron chi connectivity index (χ0n) is 15.7. The van der Waals surface area contributed by atoms with E-state index in [2.05, 4.69) is 20.9 Å². The smallest absolute Gasteiger partial charge is 0.290 e. The highest BCUT2D eigenvalue weighted by Gasteiger charge is 2.28. The number of thiazole rings is 1. The van der Waals surface area contributed by atoms with Crippen molar-refractivity contribution < 1.29 is 9.34 Å². The fourth-order valence-corrected chi connectivity index (χ4v) is 4.56. The van der Waals surface area contributed by atoms with Gasteiger partial charge in [0.05, 0.1) is 27.3 Å². The highest BCUT2D eigenvalue weighted by molar-refractivity contribution is 7.15. The van der Waals surface area contributed by atoms with E-state index in [1.807, 2.05) is 19.1 Å². The maximum absolute atomic E-state index is 12.9. The summed E-state index contributed by atoms with van der Waals surface area (Å²) in [5, 5.41) is 15.4. The van der Waals surface area contributed by atoms with Crippen LogP contribution in [0, 0.1) is 23.0 Å². The van der Waals surface area contributed by atoms with Crippen LogP contribution in [0.25, 0.3) is 22.4 Å². The van der Waals surface area contributed by atoms with E-state index in [0.29, 0.717) is 27.6 Å². The van der Waals surface area contributed by atoms with Crippen LogP contribution in [0.2, 0.25) is 0 Å². The predicted octanol–water partition coefficient (Wildman–Crippen LogP) is 1.59. The summed E-state index contributed by atoms with van der Waals surface area (Å²) in [4.78, 5) is 28.5. The SMILES string of the molecule is Cc1occc1-c1nc2s/c(=C\C3CNNC3c3cccc([N+](=O)[O-])c3)c(=O)n2n1. The summed E-state index contributed by atoms with van der Waals surface area (Å²) < 4.78 is 7.12. The Morgan fingerprint density at radius 2 is 2.27 bits per heavy atom. The van der Waals surface area contributed by atoms with Gasteiger partial charge < -0.3 is 4.42 Å². The number of benzene rings is 1. The molecule has 3 aromatic heterocycles. The minimum absolute atomic E-state index is 0.0327. The summed E-state index contributed by atoms with van der Waals surface area (Å²) >= 11 is 1.27. The van der Waals surface area contributed by atoms with Gasteiger partial charge in [-0.2, -0.15) is 9.50 Å². The summed E-state index contributed by atoms with van der Waals surface area (Å²) in [5.41, 5.74) is 7.54. The maximum Gasteiger partial charge on any atom is 0.290 e. The number of non-ortho nitro benzene ring substituents is 1. The zero-order chi connectivity index (χ0) is 20.8. The molecule has 4 aromatic rings. The quantitative estimate of drug-likeness (QED) is 0.373. The van der Waals surface area contributed by atoms with Crippen molar-refractivity contribution in [3.63, 3.8) is 0 Å². The second-order valence-corrected chi connectivity index (χ2v) is 7.99. The van der Waals surface area contributed by atoms with Crippen molar-refractivity contribution in [3.8, 4) is 11.4 Å². The van der Waals surface area contributed by atoms with Crippen LogP contribution in [0.15, 0.2) is 45.8 Å². The molecule has 2 N–H and O–H groups in total. The molecule has 1 aliphatic rings. The Morgan fingerprint density at radius 1 is 1.40 bits per heavy atom. The molecule has 30 heavy (non-hydrogen) atoms. The molecule has 1 aliphatic heterocycles. The van der Waals surface area contributed by atoms with Crippen LogP contribution >= 0.6 is 11.3 Å². The number of nitro benzene ring substituents is 1. The Morgan fingerprint density at radius 3 is 3.00 bits per heavy atom. The van der Waals surface area contributed by atoms with Crippen LogP contribution in [0.4, 0.5) is 5.69 Å². The molecule has 4 heterocycles. The minimum Gasteiger partial charge on any atom is -0.469 e. The van der Waals surface area contributed by atoms with Gasteiger partial charge in [-0.15, -0.1) is 5.10 Å². The van der Waals surface area contributed by atoms with Crippen LogP contribution in [0.1, 0.15) is 17.4 Å². The highest BCUT2D eigenvalue weighted by atomic mass is 32.1. The third kappa shape index (κ3) is 3.09. The molecule has 0 bridgehead atoms. The first kappa shape index (κ1) is 18.6. The monoisotopic (exact) mass is 424 g/mol. The maximum atomic E-state index is 12.9. The second kappa shape index (κ2) is 7.13. The van der Waals surface area contributed by atoms with Crippen molar-refractivity contribution in [2.24, 2.45) is 5.92 Å². The van der Waals surface area contributed by atoms with Gasteiger partial charge in [-0.05, 0) is 18.6 Å². The summed E-state index contributed by atoms with van der Waals surface area (Å²) in [5.74, 6) is 1.07. The number of nitrogens with one attached hydrogen (secondary N) is 2. The average Bonchev–Trinajstić information content (AvgIpc) is 3.49. The Bertz CT molecular complexity index is 1370. The number of hydrogen-bond donors (Lipinski definition) is 2. The molecule has 10 nitrogen and oxygen atoms in total. The number of rotatable bonds is 4. The molecule has 0 saturated carbocycles. The fourth-order valence-electron chi connectivity index (χ4n) is 3.60. The van der Waals surface area contributed by atoms with Gasteiger partial charge in [0.2, 0.25) is 4.96 Å². The first-order chi connectivity index (χ1) is 14.5. The van der Waals surface area contributed by atoms with Crippen molar-refractivity contribution in [1.29, 1.82) is 0 Å². The van der Waals surface area contributed by atoms with Gasteiger partial charge in [-0.3, -0.25) is 20.3 Å². The molecule has 1 saturated heterocycles. The first-order valence-electron chi connectivity index (χ1n) is 9.20. The van der Waals surface area contributed by atoms with Crippen LogP contribution in [-0.2, 0) is 0 Å². The molecule has 152 valence electrons. The summed E-state index contributed by atoms with van der Waals surface area (Å²) in [6.07, 6.45) is 3.44. The third-order valence-electron chi connectivity index (χ3n) is 5.11. The lowest BCUT2D eigenvalue weighted by Crippen LogP contribution is -2.26. The van der Waals surface area contributed by atoms with E-state index in [1.54, 1.807) is 24.5 Å². The minimum atomic E-state index is -0.417. The second-order valence-electron chi connectivity index (χ2n) is 6.98. The van der Waals surface area contributed by atoms with E-state index in [-0.39, 0.29) is 23.2 Å². The fraction of sp³-hybridized carbons (Fsp3) is 0.211. The molecule has 11 heteroatoms. The normalized spacial score (nSPS) is 19.7. The average molecular weight is 424 g/mol. The Hall–Kier alpha value is -3.41. The highest BCUT2D eigenvalue weighted by Crippen LogP contribution is 2.28. The summed E-state index contributed by atoms with van der Waals surface area (Å²) in [7, 11) is 0.